The molecule has 0 aliphatic rings. The molecule has 0 spiro atoms. The number of carbonyl (C=O) groups is 1. The number of furan rings is 1. The third kappa shape index (κ3) is 4.00. The number of nitrogens with zero attached hydrogens (tertiary/aromatic N) is 2. The van der Waals surface area contributed by atoms with Crippen LogP contribution in [0.15, 0.2) is 106 Å². The van der Waals surface area contributed by atoms with E-state index in [9.17, 15) is 4.79 Å². The fourth-order valence-electron chi connectivity index (χ4n) is 3.43. The van der Waals surface area contributed by atoms with Gasteiger partial charge in [-0.25, -0.2) is 4.68 Å². The fraction of sp³-hybridized carbons (Fsp3) is 0. The van der Waals surface area contributed by atoms with Crippen molar-refractivity contribution < 1.29 is 9.21 Å². The molecule has 0 amide bonds. The molecule has 5 aromatic rings. The lowest BCUT2D eigenvalue weighted by Crippen LogP contribution is -1.93. The Hall–Kier alpha value is -3.70. The van der Waals surface area contributed by atoms with E-state index >= 15 is 0 Å². The number of fused-ring (bicyclic) bond motifs is 1. The average molecular weight is 469 g/mol. The Morgan fingerprint density at radius 2 is 1.74 bits per heavy atom. The maximum Gasteiger partial charge on any atom is 0.221 e. The van der Waals surface area contributed by atoms with Crippen LogP contribution in [-0.2, 0) is 0 Å². The molecule has 5 rings (SSSR count). The maximum absolute atomic E-state index is 12.8. The number of hydrogen-bond acceptors (Lipinski definition) is 3. The van der Waals surface area contributed by atoms with Gasteiger partial charge in [-0.3, -0.25) is 4.79 Å². The second kappa shape index (κ2) is 8.20. The van der Waals surface area contributed by atoms with Crippen molar-refractivity contribution in [3.63, 3.8) is 0 Å². The molecule has 150 valence electrons. The Kier molecular flexibility index (Phi) is 5.10. The molecule has 0 fully saturated rings. The topological polar surface area (TPSA) is 48.0 Å². The van der Waals surface area contributed by atoms with Crippen LogP contribution < -0.4 is 0 Å². The van der Waals surface area contributed by atoms with Gasteiger partial charge in [0.25, 0.3) is 0 Å². The molecule has 0 unspecified atom stereocenters. The van der Waals surface area contributed by atoms with Crippen LogP contribution in [0.25, 0.3) is 34.0 Å². The lowest BCUT2D eigenvalue weighted by molar-refractivity contribution is 0.102. The van der Waals surface area contributed by atoms with Gasteiger partial charge in [0.1, 0.15) is 5.58 Å². The number of carbonyl (C=O) groups excluding carboxylic acids is 1. The van der Waals surface area contributed by atoms with E-state index in [1.54, 1.807) is 12.1 Å². The summed E-state index contributed by atoms with van der Waals surface area (Å²) in [5.74, 6) is 0.126. The van der Waals surface area contributed by atoms with E-state index in [1.807, 2.05) is 89.7 Å². The van der Waals surface area contributed by atoms with Crippen LogP contribution >= 0.6 is 15.9 Å². The molecule has 0 aliphatic heterocycles. The summed E-state index contributed by atoms with van der Waals surface area (Å²) >= 11 is 3.53. The third-order valence-corrected chi connectivity index (χ3v) is 5.44. The van der Waals surface area contributed by atoms with Crippen molar-refractivity contribution in [2.24, 2.45) is 0 Å². The molecule has 2 aromatic heterocycles. The van der Waals surface area contributed by atoms with Crippen LogP contribution in [0.4, 0.5) is 0 Å². The first-order chi connectivity index (χ1) is 15.2. The lowest BCUT2D eigenvalue weighted by atomic mass is 10.1. The van der Waals surface area contributed by atoms with Crippen molar-refractivity contribution in [2.75, 3.05) is 0 Å². The quantitative estimate of drug-likeness (QED) is 0.207. The molecule has 0 radical (unpaired) electrons. The van der Waals surface area contributed by atoms with Gasteiger partial charge in [-0.2, -0.15) is 5.10 Å². The summed E-state index contributed by atoms with van der Waals surface area (Å²) in [5, 5.41) is 5.70. The molecule has 3 aromatic carbocycles. The minimum Gasteiger partial charge on any atom is -0.453 e. The Bertz CT molecular complexity index is 1380. The Labute approximate surface area is 187 Å². The maximum atomic E-state index is 12.8. The highest BCUT2D eigenvalue weighted by atomic mass is 79.9. The SMILES string of the molecule is O=C(/C=C/c1cn(-c2ccccc2)nc1-c1cccc(Br)c1)c1cc2ccccc2o1. The molecule has 0 aliphatic carbocycles. The van der Waals surface area contributed by atoms with E-state index in [0.29, 0.717) is 11.3 Å². The van der Waals surface area contributed by atoms with E-state index in [-0.39, 0.29) is 5.78 Å². The van der Waals surface area contributed by atoms with E-state index in [0.717, 1.165) is 32.4 Å². The zero-order chi connectivity index (χ0) is 21.2. The first-order valence-corrected chi connectivity index (χ1v) is 10.6. The number of ketones is 1. The van der Waals surface area contributed by atoms with Crippen LogP contribution in [-0.4, -0.2) is 15.6 Å². The molecule has 0 atom stereocenters. The summed E-state index contributed by atoms with van der Waals surface area (Å²) in [6.07, 6.45) is 5.25. The van der Waals surface area contributed by atoms with E-state index in [4.69, 9.17) is 9.52 Å². The number of hydrogen-bond donors (Lipinski definition) is 0. The van der Waals surface area contributed by atoms with Crippen molar-refractivity contribution >= 4 is 38.8 Å². The second-order valence-corrected chi connectivity index (χ2v) is 7.99. The summed E-state index contributed by atoms with van der Waals surface area (Å²) in [6, 6.07) is 27.2. The molecule has 2 heterocycles. The lowest BCUT2D eigenvalue weighted by Gasteiger charge is -2.01. The van der Waals surface area contributed by atoms with Gasteiger partial charge in [0.15, 0.2) is 5.76 Å². The van der Waals surface area contributed by atoms with Gasteiger partial charge in [0, 0.05) is 27.2 Å². The van der Waals surface area contributed by atoms with Crippen LogP contribution in [0, 0.1) is 0 Å². The Morgan fingerprint density at radius 1 is 0.935 bits per heavy atom. The molecule has 4 nitrogen and oxygen atoms in total. The Balaban J connectivity index is 1.53. The Morgan fingerprint density at radius 3 is 2.55 bits per heavy atom. The van der Waals surface area contributed by atoms with Gasteiger partial charge < -0.3 is 4.42 Å². The standard InChI is InChI=1S/C26H17BrN2O2/c27-21-9-6-8-19(15-21)26-20(17-29(28-26)22-10-2-1-3-11-22)13-14-23(30)25-16-18-7-4-5-12-24(18)31-25/h1-17H/b14-13+. The normalized spacial score (nSPS) is 11.4. The van der Waals surface area contributed by atoms with E-state index < -0.39 is 0 Å². The van der Waals surface area contributed by atoms with Crippen molar-refractivity contribution in [3.8, 4) is 16.9 Å². The second-order valence-electron chi connectivity index (χ2n) is 7.07. The number of allylic oxidation sites excluding steroid dienone is 1. The largest absolute Gasteiger partial charge is 0.453 e. The minimum atomic E-state index is -0.191. The van der Waals surface area contributed by atoms with Crippen LogP contribution in [0.5, 0.6) is 0 Å². The smallest absolute Gasteiger partial charge is 0.221 e. The molecule has 0 saturated heterocycles. The number of para-hydroxylation sites is 2. The number of aromatic nitrogens is 2. The molecular weight excluding hydrogens is 452 g/mol. The third-order valence-electron chi connectivity index (χ3n) is 4.94. The van der Waals surface area contributed by atoms with Crippen molar-refractivity contribution in [3.05, 3.63) is 113 Å². The van der Waals surface area contributed by atoms with Crippen molar-refractivity contribution in [2.45, 2.75) is 0 Å². The van der Waals surface area contributed by atoms with Crippen LogP contribution in [0.2, 0.25) is 0 Å². The zero-order valence-electron chi connectivity index (χ0n) is 16.4. The van der Waals surface area contributed by atoms with Gasteiger partial charge >= 0.3 is 0 Å². The fourth-order valence-corrected chi connectivity index (χ4v) is 3.83. The first kappa shape index (κ1) is 19.3. The predicted molar refractivity (Wildman–Crippen MR) is 126 cm³/mol. The monoisotopic (exact) mass is 468 g/mol. The number of benzene rings is 3. The highest BCUT2D eigenvalue weighted by Gasteiger charge is 2.13. The molecule has 5 heteroatoms. The van der Waals surface area contributed by atoms with E-state index in [2.05, 4.69) is 15.9 Å². The highest BCUT2D eigenvalue weighted by molar-refractivity contribution is 9.10. The summed E-state index contributed by atoms with van der Waals surface area (Å²) in [7, 11) is 0. The molecule has 31 heavy (non-hydrogen) atoms. The van der Waals surface area contributed by atoms with Crippen LogP contribution in [0.3, 0.4) is 0 Å². The summed E-state index contributed by atoms with van der Waals surface area (Å²) < 4.78 is 8.48. The van der Waals surface area contributed by atoms with Crippen molar-refractivity contribution in [1.82, 2.24) is 9.78 Å². The minimum absolute atomic E-state index is 0.191. The van der Waals surface area contributed by atoms with Gasteiger partial charge in [-0.15, -0.1) is 0 Å². The number of halogens is 1. The van der Waals surface area contributed by atoms with Crippen LogP contribution in [0.1, 0.15) is 16.1 Å². The number of rotatable bonds is 5. The summed E-state index contributed by atoms with van der Waals surface area (Å²) in [6.45, 7) is 0. The average Bonchev–Trinajstić information content (AvgIpc) is 3.43. The molecule has 0 bridgehead atoms. The summed E-state index contributed by atoms with van der Waals surface area (Å²) in [4.78, 5) is 12.8. The summed E-state index contributed by atoms with van der Waals surface area (Å²) in [5.41, 5.74) is 4.23. The highest BCUT2D eigenvalue weighted by Crippen LogP contribution is 2.27. The van der Waals surface area contributed by atoms with Gasteiger partial charge in [-0.1, -0.05) is 64.5 Å². The van der Waals surface area contributed by atoms with Gasteiger partial charge in [0.2, 0.25) is 5.78 Å². The zero-order valence-corrected chi connectivity index (χ0v) is 18.0. The van der Waals surface area contributed by atoms with Crippen molar-refractivity contribution in [1.29, 1.82) is 0 Å². The molecular formula is C26H17BrN2O2. The van der Waals surface area contributed by atoms with E-state index in [1.165, 1.54) is 6.08 Å². The van der Waals surface area contributed by atoms with Gasteiger partial charge in [0.05, 0.1) is 11.4 Å². The first-order valence-electron chi connectivity index (χ1n) is 9.79. The predicted octanol–water partition coefficient (Wildman–Crippen LogP) is 6.94. The molecule has 0 N–H and O–H groups in total. The van der Waals surface area contributed by atoms with Gasteiger partial charge in [-0.05, 0) is 48.6 Å². The molecule has 0 saturated carbocycles.